The molecule has 1 heterocycles. The minimum atomic E-state index is -0.252. The van der Waals surface area contributed by atoms with Crippen LogP contribution in [0.15, 0.2) is 48.5 Å². The summed E-state index contributed by atoms with van der Waals surface area (Å²) in [5, 5.41) is 2.95. The Morgan fingerprint density at radius 3 is 2.26 bits per heavy atom. The standard InChI is InChI=1S/C21H22FN3O2/c22-17-4-8-19(9-5-17)24-10-12-25(13-11-24)21(27)16-3-1-2-15(14-16)20(26)23-18-6-7-18/h1-5,8-9,14,18H,6-7,10-13H2,(H,23,26). The lowest BCUT2D eigenvalue weighted by atomic mass is 10.1. The molecule has 1 N–H and O–H groups in total. The van der Waals surface area contributed by atoms with Crippen molar-refractivity contribution in [3.05, 3.63) is 65.5 Å². The van der Waals surface area contributed by atoms with Gasteiger partial charge in [-0.3, -0.25) is 9.59 Å². The first-order valence-electron chi connectivity index (χ1n) is 9.31. The van der Waals surface area contributed by atoms with Crippen LogP contribution in [0.25, 0.3) is 0 Å². The zero-order valence-corrected chi connectivity index (χ0v) is 15.0. The second kappa shape index (κ2) is 7.39. The fraction of sp³-hybridized carbons (Fsp3) is 0.333. The molecule has 1 saturated carbocycles. The highest BCUT2D eigenvalue weighted by molar-refractivity contribution is 5.99. The van der Waals surface area contributed by atoms with Gasteiger partial charge in [0.05, 0.1) is 0 Å². The van der Waals surface area contributed by atoms with Crippen molar-refractivity contribution >= 4 is 17.5 Å². The number of nitrogens with one attached hydrogen (secondary N) is 1. The van der Waals surface area contributed by atoms with Crippen LogP contribution >= 0.6 is 0 Å². The van der Waals surface area contributed by atoms with E-state index in [9.17, 15) is 14.0 Å². The van der Waals surface area contributed by atoms with Crippen molar-refractivity contribution in [3.63, 3.8) is 0 Å². The van der Waals surface area contributed by atoms with Gasteiger partial charge in [-0.1, -0.05) is 6.07 Å². The minimum Gasteiger partial charge on any atom is -0.368 e. The summed E-state index contributed by atoms with van der Waals surface area (Å²) in [5.74, 6) is -0.429. The van der Waals surface area contributed by atoms with Gasteiger partial charge in [0.15, 0.2) is 0 Å². The number of carbonyl (C=O) groups is 2. The van der Waals surface area contributed by atoms with Crippen LogP contribution in [-0.4, -0.2) is 48.9 Å². The van der Waals surface area contributed by atoms with Crippen LogP contribution in [0, 0.1) is 5.82 Å². The average molecular weight is 367 g/mol. The molecule has 0 spiro atoms. The van der Waals surface area contributed by atoms with Gasteiger partial charge in [0.2, 0.25) is 0 Å². The molecule has 1 saturated heterocycles. The van der Waals surface area contributed by atoms with Gasteiger partial charge in [-0.25, -0.2) is 4.39 Å². The van der Waals surface area contributed by atoms with Crippen molar-refractivity contribution in [2.45, 2.75) is 18.9 Å². The van der Waals surface area contributed by atoms with E-state index in [0.29, 0.717) is 37.3 Å². The highest BCUT2D eigenvalue weighted by Crippen LogP contribution is 2.20. The van der Waals surface area contributed by atoms with E-state index in [1.165, 1.54) is 12.1 Å². The summed E-state index contributed by atoms with van der Waals surface area (Å²) in [5.41, 5.74) is 2.02. The van der Waals surface area contributed by atoms with Gasteiger partial charge in [0.1, 0.15) is 5.82 Å². The Hall–Kier alpha value is -2.89. The largest absolute Gasteiger partial charge is 0.368 e. The summed E-state index contributed by atoms with van der Waals surface area (Å²) in [6.45, 7) is 2.57. The number of rotatable bonds is 4. The lowest BCUT2D eigenvalue weighted by Gasteiger charge is -2.36. The molecule has 0 unspecified atom stereocenters. The van der Waals surface area contributed by atoms with Gasteiger partial charge in [0.25, 0.3) is 11.8 Å². The molecule has 2 aromatic rings. The molecule has 0 aromatic heterocycles. The van der Waals surface area contributed by atoms with Crippen LogP contribution in [0.1, 0.15) is 33.6 Å². The van der Waals surface area contributed by atoms with Gasteiger partial charge in [0, 0.05) is 49.0 Å². The first kappa shape index (κ1) is 17.5. The van der Waals surface area contributed by atoms with E-state index in [1.54, 1.807) is 41.3 Å². The predicted molar refractivity (Wildman–Crippen MR) is 101 cm³/mol. The Morgan fingerprint density at radius 2 is 1.59 bits per heavy atom. The Bertz CT molecular complexity index is 841. The molecule has 27 heavy (non-hydrogen) atoms. The molecule has 6 heteroatoms. The van der Waals surface area contributed by atoms with Gasteiger partial charge < -0.3 is 15.1 Å². The maximum atomic E-state index is 13.1. The van der Waals surface area contributed by atoms with E-state index < -0.39 is 0 Å². The number of halogens is 1. The third-order valence-electron chi connectivity index (χ3n) is 5.04. The number of benzene rings is 2. The molecule has 4 rings (SSSR count). The maximum Gasteiger partial charge on any atom is 0.253 e. The molecule has 5 nitrogen and oxygen atoms in total. The second-order valence-corrected chi connectivity index (χ2v) is 7.08. The molecule has 140 valence electrons. The lowest BCUT2D eigenvalue weighted by Crippen LogP contribution is -2.48. The Kier molecular flexibility index (Phi) is 4.79. The highest BCUT2D eigenvalue weighted by Gasteiger charge is 2.25. The van der Waals surface area contributed by atoms with Crippen LogP contribution in [0.4, 0.5) is 10.1 Å². The lowest BCUT2D eigenvalue weighted by molar-refractivity contribution is 0.0747. The molecule has 1 aliphatic heterocycles. The number of anilines is 1. The summed E-state index contributed by atoms with van der Waals surface area (Å²) in [4.78, 5) is 29.0. The highest BCUT2D eigenvalue weighted by atomic mass is 19.1. The number of carbonyl (C=O) groups excluding carboxylic acids is 2. The molecule has 1 aliphatic carbocycles. The van der Waals surface area contributed by atoms with Crippen molar-refractivity contribution in [3.8, 4) is 0 Å². The van der Waals surface area contributed by atoms with E-state index in [4.69, 9.17) is 0 Å². The third kappa shape index (κ3) is 4.10. The van der Waals surface area contributed by atoms with Gasteiger partial charge in [-0.15, -0.1) is 0 Å². The molecular weight excluding hydrogens is 345 g/mol. The molecule has 2 amide bonds. The second-order valence-electron chi connectivity index (χ2n) is 7.08. The van der Waals surface area contributed by atoms with Crippen LogP contribution in [0.2, 0.25) is 0 Å². The number of hydrogen-bond acceptors (Lipinski definition) is 3. The average Bonchev–Trinajstić information content (AvgIpc) is 3.52. The normalized spacial score (nSPS) is 16.9. The smallest absolute Gasteiger partial charge is 0.253 e. The Balaban J connectivity index is 1.39. The van der Waals surface area contributed by atoms with Crippen LogP contribution in [0.5, 0.6) is 0 Å². The maximum absolute atomic E-state index is 13.1. The van der Waals surface area contributed by atoms with Crippen LogP contribution < -0.4 is 10.2 Å². The fourth-order valence-corrected chi connectivity index (χ4v) is 3.29. The molecule has 2 fully saturated rings. The monoisotopic (exact) mass is 367 g/mol. The Labute approximate surface area is 157 Å². The Morgan fingerprint density at radius 1 is 0.926 bits per heavy atom. The summed E-state index contributed by atoms with van der Waals surface area (Å²) >= 11 is 0. The first-order valence-corrected chi connectivity index (χ1v) is 9.31. The van der Waals surface area contributed by atoms with Crippen molar-refractivity contribution in [1.29, 1.82) is 0 Å². The summed E-state index contributed by atoms with van der Waals surface area (Å²) in [6, 6.07) is 13.6. The number of piperazine rings is 1. The van der Waals surface area contributed by atoms with Gasteiger partial charge in [-0.05, 0) is 55.3 Å². The van der Waals surface area contributed by atoms with E-state index in [0.717, 1.165) is 18.5 Å². The first-order chi connectivity index (χ1) is 13.1. The summed E-state index contributed by atoms with van der Waals surface area (Å²) in [7, 11) is 0. The number of amides is 2. The van der Waals surface area contributed by atoms with Crippen LogP contribution in [-0.2, 0) is 0 Å². The zero-order valence-electron chi connectivity index (χ0n) is 15.0. The van der Waals surface area contributed by atoms with E-state index in [2.05, 4.69) is 10.2 Å². The SMILES string of the molecule is O=C(NC1CC1)c1cccc(C(=O)N2CCN(c3ccc(F)cc3)CC2)c1. The topological polar surface area (TPSA) is 52.7 Å². The van der Waals surface area contributed by atoms with Crippen molar-refractivity contribution < 1.29 is 14.0 Å². The molecule has 2 aliphatic rings. The van der Waals surface area contributed by atoms with E-state index in [1.807, 2.05) is 0 Å². The molecule has 2 aromatic carbocycles. The van der Waals surface area contributed by atoms with Crippen molar-refractivity contribution in [2.24, 2.45) is 0 Å². The molecule has 0 bridgehead atoms. The molecule has 0 atom stereocenters. The van der Waals surface area contributed by atoms with E-state index >= 15 is 0 Å². The van der Waals surface area contributed by atoms with Gasteiger partial charge in [-0.2, -0.15) is 0 Å². The molecule has 0 radical (unpaired) electrons. The predicted octanol–water partition coefficient (Wildman–Crippen LogP) is 2.68. The zero-order chi connectivity index (χ0) is 18.8. The van der Waals surface area contributed by atoms with Gasteiger partial charge >= 0.3 is 0 Å². The van der Waals surface area contributed by atoms with E-state index in [-0.39, 0.29) is 23.7 Å². The number of hydrogen-bond donors (Lipinski definition) is 1. The van der Waals surface area contributed by atoms with Crippen molar-refractivity contribution in [1.82, 2.24) is 10.2 Å². The van der Waals surface area contributed by atoms with Crippen molar-refractivity contribution in [2.75, 3.05) is 31.1 Å². The summed E-state index contributed by atoms with van der Waals surface area (Å²) < 4.78 is 13.1. The third-order valence-corrected chi connectivity index (χ3v) is 5.04. The molecular formula is C21H22FN3O2. The summed E-state index contributed by atoms with van der Waals surface area (Å²) in [6.07, 6.45) is 2.06. The number of nitrogens with zero attached hydrogens (tertiary/aromatic N) is 2. The fourth-order valence-electron chi connectivity index (χ4n) is 3.29. The van der Waals surface area contributed by atoms with Crippen LogP contribution in [0.3, 0.4) is 0 Å². The minimum absolute atomic E-state index is 0.0603. The quantitative estimate of drug-likeness (QED) is 0.904.